The molecule has 0 amide bonds. The molecule has 3 aromatic rings. The Kier molecular flexibility index (Phi) is 6.71. The number of nitrogens with zero attached hydrogens (tertiary/aromatic N) is 3. The Hall–Kier alpha value is -2.80. The van der Waals surface area contributed by atoms with Gasteiger partial charge in [0.2, 0.25) is 0 Å². The first-order valence-corrected chi connectivity index (χ1v) is 10.0. The summed E-state index contributed by atoms with van der Waals surface area (Å²) < 4.78 is 13.1. The van der Waals surface area contributed by atoms with Gasteiger partial charge >= 0.3 is 5.97 Å². The van der Waals surface area contributed by atoms with Gasteiger partial charge in [-0.3, -0.25) is 9.36 Å². The van der Waals surface area contributed by atoms with E-state index in [0.29, 0.717) is 11.0 Å². The van der Waals surface area contributed by atoms with Crippen molar-refractivity contribution in [2.75, 3.05) is 5.75 Å². The van der Waals surface area contributed by atoms with Gasteiger partial charge in [0.1, 0.15) is 12.4 Å². The molecule has 146 valence electrons. The summed E-state index contributed by atoms with van der Waals surface area (Å²) >= 11 is 1.30. The van der Waals surface area contributed by atoms with Gasteiger partial charge in [-0.1, -0.05) is 48.2 Å². The summed E-state index contributed by atoms with van der Waals surface area (Å²) in [5, 5.41) is 9.18. The average Bonchev–Trinajstić information content (AvgIpc) is 3.09. The van der Waals surface area contributed by atoms with Gasteiger partial charge in [-0.2, -0.15) is 0 Å². The van der Waals surface area contributed by atoms with Gasteiger partial charge in [-0.05, 0) is 44.5 Å². The van der Waals surface area contributed by atoms with E-state index < -0.39 is 0 Å². The van der Waals surface area contributed by atoms with E-state index in [9.17, 15) is 4.79 Å². The van der Waals surface area contributed by atoms with Gasteiger partial charge in [0.15, 0.2) is 11.0 Å². The molecule has 28 heavy (non-hydrogen) atoms. The van der Waals surface area contributed by atoms with E-state index in [-0.39, 0.29) is 24.4 Å². The van der Waals surface area contributed by atoms with Crippen molar-refractivity contribution in [1.82, 2.24) is 14.8 Å². The molecule has 0 N–H and O–H groups in total. The zero-order valence-electron chi connectivity index (χ0n) is 16.2. The minimum Gasteiger partial charge on any atom is -0.485 e. The molecule has 0 aliphatic carbocycles. The molecule has 0 fully saturated rings. The summed E-state index contributed by atoms with van der Waals surface area (Å²) in [5.74, 6) is 1.36. The largest absolute Gasteiger partial charge is 0.485 e. The Bertz CT molecular complexity index is 926. The highest BCUT2D eigenvalue weighted by Gasteiger charge is 2.17. The van der Waals surface area contributed by atoms with Crippen LogP contribution >= 0.6 is 11.8 Å². The van der Waals surface area contributed by atoms with Crippen molar-refractivity contribution >= 4 is 17.7 Å². The molecular formula is C21H23N3O3S. The molecule has 2 aromatic carbocycles. The number of aryl methyl sites for hydroxylation is 1. The minimum absolute atomic E-state index is 0.141. The first kappa shape index (κ1) is 19.9. The molecule has 0 radical (unpaired) electrons. The average molecular weight is 398 g/mol. The van der Waals surface area contributed by atoms with Crippen molar-refractivity contribution in [1.29, 1.82) is 0 Å². The molecule has 6 nitrogen and oxygen atoms in total. The van der Waals surface area contributed by atoms with Crippen molar-refractivity contribution < 1.29 is 14.3 Å². The van der Waals surface area contributed by atoms with Crippen LogP contribution in [0, 0.1) is 6.92 Å². The number of hydrogen-bond acceptors (Lipinski definition) is 6. The maximum Gasteiger partial charge on any atom is 0.316 e. The fraction of sp³-hybridized carbons (Fsp3) is 0.286. The molecule has 1 aromatic heterocycles. The fourth-order valence-corrected chi connectivity index (χ4v) is 3.36. The number of carbonyl (C=O) groups excluding carboxylic acids is 1. The lowest BCUT2D eigenvalue weighted by Crippen LogP contribution is -2.14. The second kappa shape index (κ2) is 9.41. The molecule has 0 atom stereocenters. The van der Waals surface area contributed by atoms with E-state index in [0.717, 1.165) is 17.0 Å². The van der Waals surface area contributed by atoms with Gasteiger partial charge in [0.25, 0.3) is 0 Å². The van der Waals surface area contributed by atoms with Crippen LogP contribution in [0.3, 0.4) is 0 Å². The molecule has 3 rings (SSSR count). The molecular weight excluding hydrogens is 374 g/mol. The van der Waals surface area contributed by atoms with Gasteiger partial charge in [0, 0.05) is 5.69 Å². The molecule has 0 saturated carbocycles. The Morgan fingerprint density at radius 3 is 2.50 bits per heavy atom. The fourth-order valence-electron chi connectivity index (χ4n) is 2.60. The number of thioether (sulfide) groups is 1. The molecule has 0 saturated heterocycles. The van der Waals surface area contributed by atoms with Crippen molar-refractivity contribution in [3.8, 4) is 11.4 Å². The summed E-state index contributed by atoms with van der Waals surface area (Å²) in [6.07, 6.45) is -0.141. The predicted molar refractivity (Wildman–Crippen MR) is 109 cm³/mol. The SMILES string of the molecule is Cc1ccccc1OCc1nnc(SCC(=O)OC(C)C)n1-c1ccccc1. The molecule has 0 unspecified atom stereocenters. The van der Waals surface area contributed by atoms with E-state index in [4.69, 9.17) is 9.47 Å². The minimum atomic E-state index is -0.277. The highest BCUT2D eigenvalue weighted by molar-refractivity contribution is 7.99. The predicted octanol–water partition coefficient (Wildman–Crippen LogP) is 4.20. The molecule has 7 heteroatoms. The number of carbonyl (C=O) groups is 1. The number of benzene rings is 2. The highest BCUT2D eigenvalue weighted by atomic mass is 32.2. The van der Waals surface area contributed by atoms with Gasteiger partial charge in [0.05, 0.1) is 11.9 Å². The summed E-state index contributed by atoms with van der Waals surface area (Å²) in [6.45, 7) is 5.93. The van der Waals surface area contributed by atoms with Crippen molar-refractivity contribution in [3.05, 3.63) is 66.0 Å². The van der Waals surface area contributed by atoms with E-state index in [1.807, 2.05) is 79.9 Å². The number of hydrogen-bond donors (Lipinski definition) is 0. The van der Waals surface area contributed by atoms with Gasteiger partial charge in [-0.15, -0.1) is 10.2 Å². The number of aromatic nitrogens is 3. The lowest BCUT2D eigenvalue weighted by atomic mass is 10.2. The van der Waals surface area contributed by atoms with Gasteiger partial charge < -0.3 is 9.47 Å². The molecule has 0 bridgehead atoms. The molecule has 0 aliphatic heterocycles. The van der Waals surface area contributed by atoms with E-state index in [1.165, 1.54) is 11.8 Å². The van der Waals surface area contributed by atoms with Crippen LogP contribution in [0.1, 0.15) is 25.2 Å². The monoisotopic (exact) mass is 397 g/mol. The van der Waals surface area contributed by atoms with Gasteiger partial charge in [-0.25, -0.2) is 0 Å². The lowest BCUT2D eigenvalue weighted by molar-refractivity contribution is -0.144. The van der Waals surface area contributed by atoms with Crippen LogP contribution in [0.5, 0.6) is 5.75 Å². The van der Waals surface area contributed by atoms with Crippen LogP contribution in [-0.4, -0.2) is 32.6 Å². The van der Waals surface area contributed by atoms with E-state index >= 15 is 0 Å². The zero-order valence-corrected chi connectivity index (χ0v) is 17.0. The second-order valence-corrected chi connectivity index (χ2v) is 7.39. The van der Waals surface area contributed by atoms with Crippen LogP contribution < -0.4 is 4.74 Å². The third-order valence-electron chi connectivity index (χ3n) is 3.85. The summed E-state index contributed by atoms with van der Waals surface area (Å²) in [6, 6.07) is 17.6. The van der Waals surface area contributed by atoms with Crippen LogP contribution in [0.2, 0.25) is 0 Å². The maximum atomic E-state index is 11.9. The highest BCUT2D eigenvalue weighted by Crippen LogP contribution is 2.24. The molecule has 1 heterocycles. The second-order valence-electron chi connectivity index (χ2n) is 6.45. The lowest BCUT2D eigenvalue weighted by Gasteiger charge is -2.12. The summed E-state index contributed by atoms with van der Waals surface area (Å²) in [4.78, 5) is 11.9. The number of ether oxygens (including phenoxy) is 2. The topological polar surface area (TPSA) is 66.2 Å². The number of esters is 1. The quantitative estimate of drug-likeness (QED) is 0.419. The zero-order chi connectivity index (χ0) is 19.9. The Morgan fingerprint density at radius 1 is 1.07 bits per heavy atom. The Morgan fingerprint density at radius 2 is 1.79 bits per heavy atom. The van der Waals surface area contributed by atoms with Crippen LogP contribution in [0.25, 0.3) is 5.69 Å². The first-order chi connectivity index (χ1) is 13.5. The number of para-hydroxylation sites is 2. The summed E-state index contributed by atoms with van der Waals surface area (Å²) in [7, 11) is 0. The normalized spacial score (nSPS) is 10.9. The third kappa shape index (κ3) is 5.13. The number of rotatable bonds is 8. The summed E-state index contributed by atoms with van der Waals surface area (Å²) in [5.41, 5.74) is 1.97. The Balaban J connectivity index is 1.81. The smallest absolute Gasteiger partial charge is 0.316 e. The molecule has 0 spiro atoms. The first-order valence-electron chi connectivity index (χ1n) is 9.05. The Labute approximate surface area is 168 Å². The maximum absolute atomic E-state index is 11.9. The van der Waals surface area contributed by atoms with Crippen LogP contribution in [0.15, 0.2) is 59.8 Å². The third-order valence-corrected chi connectivity index (χ3v) is 4.75. The van der Waals surface area contributed by atoms with E-state index in [2.05, 4.69) is 10.2 Å². The molecule has 0 aliphatic rings. The van der Waals surface area contributed by atoms with E-state index in [1.54, 1.807) is 0 Å². The van der Waals surface area contributed by atoms with Crippen LogP contribution in [-0.2, 0) is 16.1 Å². The van der Waals surface area contributed by atoms with Crippen molar-refractivity contribution in [2.24, 2.45) is 0 Å². The van der Waals surface area contributed by atoms with Crippen LogP contribution in [0.4, 0.5) is 0 Å². The van der Waals surface area contributed by atoms with Crippen molar-refractivity contribution in [2.45, 2.75) is 38.6 Å². The van der Waals surface area contributed by atoms with Crippen molar-refractivity contribution in [3.63, 3.8) is 0 Å². The standard InChI is InChI=1S/C21H23N3O3S/c1-15(2)27-20(25)14-28-21-23-22-19(24(21)17-10-5-4-6-11-17)13-26-18-12-8-7-9-16(18)3/h4-12,15H,13-14H2,1-3H3.